The molecule has 0 atom stereocenters. The summed E-state index contributed by atoms with van der Waals surface area (Å²) in [4.78, 5) is 7.06. The lowest BCUT2D eigenvalue weighted by molar-refractivity contribution is 0.146. The second-order valence-corrected chi connectivity index (χ2v) is 7.34. The first-order valence-corrected chi connectivity index (χ1v) is 8.85. The van der Waals surface area contributed by atoms with E-state index in [9.17, 15) is 21.6 Å². The summed E-state index contributed by atoms with van der Waals surface area (Å²) in [5.74, 6) is -1.14. The minimum absolute atomic E-state index is 0.122. The van der Waals surface area contributed by atoms with Gasteiger partial charge >= 0.3 is 0 Å². The molecule has 0 radical (unpaired) electrons. The maximum atomic E-state index is 14.2. The van der Waals surface area contributed by atoms with E-state index in [1.54, 1.807) is 0 Å². The summed E-state index contributed by atoms with van der Waals surface area (Å²) in [6.45, 7) is 1.40. The number of alkyl halides is 2. The Bertz CT molecular complexity index is 879. The summed E-state index contributed by atoms with van der Waals surface area (Å²) in [5, 5.41) is -0.731. The molecule has 2 rings (SSSR count). The van der Waals surface area contributed by atoms with Gasteiger partial charge in [-0.15, -0.1) is 0 Å². The number of sulfonamides is 1. The van der Waals surface area contributed by atoms with Gasteiger partial charge in [0.15, 0.2) is 0 Å². The van der Waals surface area contributed by atoms with Gasteiger partial charge in [-0.2, -0.15) is 0 Å². The highest BCUT2D eigenvalue weighted by Gasteiger charge is 2.22. The molecule has 0 amide bonds. The van der Waals surface area contributed by atoms with E-state index < -0.39 is 33.0 Å². The second kappa shape index (κ2) is 7.12. The topological polar surface area (TPSA) is 72.0 Å². The van der Waals surface area contributed by atoms with Crippen LogP contribution in [-0.4, -0.2) is 24.1 Å². The van der Waals surface area contributed by atoms with E-state index in [2.05, 4.69) is 14.7 Å². The number of aromatic nitrogens is 2. The first-order chi connectivity index (χ1) is 11.2. The molecular formula is C13H10Cl2F3N3O2S. The average Bonchev–Trinajstić information content (AvgIpc) is 2.50. The Morgan fingerprint density at radius 1 is 1.25 bits per heavy atom. The summed E-state index contributed by atoms with van der Waals surface area (Å²) in [6.07, 6.45) is -2.17. The first kappa shape index (κ1) is 18.8. The lowest BCUT2D eigenvalue weighted by atomic mass is 10.1. The summed E-state index contributed by atoms with van der Waals surface area (Å²) in [5.41, 5.74) is -1.47. The maximum Gasteiger partial charge on any atom is 0.281 e. The Balaban J connectivity index is 2.62. The standard InChI is InChI=1S/C13H10Cl2F3N3O2S/c1-2-24(22,23)21-9-3-6(8(16)4-7(9)14)11-10(15)12(13(17)18)20-5-19-11/h3-5,13,21H,2H2,1H3. The minimum Gasteiger partial charge on any atom is -0.282 e. The van der Waals surface area contributed by atoms with E-state index >= 15 is 0 Å². The van der Waals surface area contributed by atoms with E-state index in [0.717, 1.165) is 18.5 Å². The van der Waals surface area contributed by atoms with Crippen LogP contribution in [0.15, 0.2) is 18.5 Å². The van der Waals surface area contributed by atoms with Crippen LogP contribution in [-0.2, 0) is 10.0 Å². The van der Waals surface area contributed by atoms with Crippen LogP contribution in [0.4, 0.5) is 18.9 Å². The Morgan fingerprint density at radius 3 is 2.50 bits per heavy atom. The molecule has 0 bridgehead atoms. The van der Waals surface area contributed by atoms with Crippen LogP contribution in [0.5, 0.6) is 0 Å². The number of hydrogen-bond donors (Lipinski definition) is 1. The SMILES string of the molecule is CCS(=O)(=O)Nc1cc(-c2ncnc(C(F)F)c2Cl)c(F)cc1Cl. The van der Waals surface area contributed by atoms with E-state index in [0.29, 0.717) is 0 Å². The monoisotopic (exact) mass is 399 g/mol. The molecule has 0 aliphatic carbocycles. The molecular weight excluding hydrogens is 390 g/mol. The third-order valence-electron chi connectivity index (χ3n) is 2.98. The zero-order valence-corrected chi connectivity index (χ0v) is 14.4. The number of halogens is 5. The average molecular weight is 400 g/mol. The van der Waals surface area contributed by atoms with Crippen molar-refractivity contribution in [3.8, 4) is 11.3 Å². The molecule has 1 aromatic carbocycles. The van der Waals surface area contributed by atoms with Gasteiger partial charge in [-0.3, -0.25) is 4.72 Å². The zero-order valence-electron chi connectivity index (χ0n) is 12.0. The summed E-state index contributed by atoms with van der Waals surface area (Å²) in [6, 6.07) is 1.87. The largest absolute Gasteiger partial charge is 0.282 e. The van der Waals surface area contributed by atoms with Crippen molar-refractivity contribution < 1.29 is 21.6 Å². The highest BCUT2D eigenvalue weighted by atomic mass is 35.5. The first-order valence-electron chi connectivity index (χ1n) is 6.44. The van der Waals surface area contributed by atoms with Gasteiger partial charge in [0.05, 0.1) is 27.2 Å². The smallest absolute Gasteiger partial charge is 0.281 e. The normalized spacial score (nSPS) is 11.8. The number of hydrogen-bond acceptors (Lipinski definition) is 4. The predicted molar refractivity (Wildman–Crippen MR) is 85.5 cm³/mol. The van der Waals surface area contributed by atoms with Gasteiger partial charge in [0.2, 0.25) is 10.0 Å². The van der Waals surface area contributed by atoms with Crippen LogP contribution in [0.3, 0.4) is 0 Å². The number of nitrogens with one attached hydrogen (secondary N) is 1. The van der Waals surface area contributed by atoms with E-state index in [1.807, 2.05) is 0 Å². The molecule has 0 saturated carbocycles. The molecule has 1 aromatic heterocycles. The van der Waals surface area contributed by atoms with Crippen LogP contribution in [0, 0.1) is 5.82 Å². The third-order valence-corrected chi connectivity index (χ3v) is 4.96. The summed E-state index contributed by atoms with van der Waals surface area (Å²) >= 11 is 11.6. The Labute approximate surface area is 145 Å². The maximum absolute atomic E-state index is 14.2. The van der Waals surface area contributed by atoms with Crippen molar-refractivity contribution in [3.05, 3.63) is 40.0 Å². The van der Waals surface area contributed by atoms with Crippen LogP contribution >= 0.6 is 23.2 Å². The fraction of sp³-hybridized carbons (Fsp3) is 0.231. The molecule has 0 saturated heterocycles. The van der Waals surface area contributed by atoms with Crippen LogP contribution < -0.4 is 4.72 Å². The van der Waals surface area contributed by atoms with Gasteiger partial charge in [-0.1, -0.05) is 23.2 Å². The van der Waals surface area contributed by atoms with E-state index in [4.69, 9.17) is 23.2 Å². The van der Waals surface area contributed by atoms with Crippen molar-refractivity contribution in [1.82, 2.24) is 9.97 Å². The van der Waals surface area contributed by atoms with Crippen molar-refractivity contribution >= 4 is 38.9 Å². The molecule has 5 nitrogen and oxygen atoms in total. The van der Waals surface area contributed by atoms with Crippen molar-refractivity contribution in [1.29, 1.82) is 0 Å². The molecule has 0 aliphatic heterocycles. The van der Waals surface area contributed by atoms with Gasteiger partial charge < -0.3 is 0 Å². The molecule has 1 N–H and O–H groups in total. The fourth-order valence-corrected chi connectivity index (χ4v) is 2.96. The molecule has 0 spiro atoms. The third kappa shape index (κ3) is 3.90. The minimum atomic E-state index is -3.68. The summed E-state index contributed by atoms with van der Waals surface area (Å²) < 4.78 is 65.4. The van der Waals surface area contributed by atoms with Crippen LogP contribution in [0.1, 0.15) is 19.0 Å². The van der Waals surface area contributed by atoms with Gasteiger partial charge in [-0.25, -0.2) is 31.6 Å². The lowest BCUT2D eigenvalue weighted by Crippen LogP contribution is -2.15. The second-order valence-electron chi connectivity index (χ2n) is 4.54. The highest BCUT2D eigenvalue weighted by molar-refractivity contribution is 7.92. The van der Waals surface area contributed by atoms with Gasteiger partial charge in [-0.05, 0) is 19.1 Å². The van der Waals surface area contributed by atoms with Gasteiger partial charge in [0.25, 0.3) is 6.43 Å². The quantitative estimate of drug-likeness (QED) is 0.813. The van der Waals surface area contributed by atoms with Crippen molar-refractivity contribution in [2.24, 2.45) is 0 Å². The van der Waals surface area contributed by atoms with E-state index in [-0.39, 0.29) is 27.7 Å². The fourth-order valence-electron chi connectivity index (χ4n) is 1.77. The molecule has 24 heavy (non-hydrogen) atoms. The van der Waals surface area contributed by atoms with Crippen LogP contribution in [0.2, 0.25) is 10.0 Å². The number of anilines is 1. The Morgan fingerprint density at radius 2 is 1.92 bits per heavy atom. The van der Waals surface area contributed by atoms with Gasteiger partial charge in [0.1, 0.15) is 17.8 Å². The molecule has 1 heterocycles. The molecule has 2 aromatic rings. The molecule has 0 fully saturated rings. The highest BCUT2D eigenvalue weighted by Crippen LogP contribution is 2.37. The Hall–Kier alpha value is -1.58. The number of benzene rings is 1. The predicted octanol–water partition coefficient (Wildman–Crippen LogP) is 4.29. The van der Waals surface area contributed by atoms with Crippen molar-refractivity contribution in [2.75, 3.05) is 10.5 Å². The zero-order chi connectivity index (χ0) is 18.1. The van der Waals surface area contributed by atoms with Crippen molar-refractivity contribution in [2.45, 2.75) is 13.3 Å². The lowest BCUT2D eigenvalue weighted by Gasteiger charge is -2.12. The Kier molecular flexibility index (Phi) is 5.56. The molecule has 11 heteroatoms. The van der Waals surface area contributed by atoms with Crippen molar-refractivity contribution in [3.63, 3.8) is 0 Å². The molecule has 0 unspecified atom stereocenters. The van der Waals surface area contributed by atoms with E-state index in [1.165, 1.54) is 6.92 Å². The van der Waals surface area contributed by atoms with Gasteiger partial charge in [0, 0.05) is 5.56 Å². The number of nitrogens with zero attached hydrogens (tertiary/aromatic N) is 2. The molecule has 130 valence electrons. The summed E-state index contributed by atoms with van der Waals surface area (Å²) in [7, 11) is -3.68. The molecule has 0 aliphatic rings. The van der Waals surface area contributed by atoms with Crippen LogP contribution in [0.25, 0.3) is 11.3 Å². The number of rotatable bonds is 5.